The number of para-hydroxylation sites is 2. The first-order valence-electron chi connectivity index (χ1n) is 7.43. The molecule has 1 atom stereocenters. The lowest BCUT2D eigenvalue weighted by molar-refractivity contribution is 0.201. The van der Waals surface area contributed by atoms with Crippen molar-refractivity contribution in [1.29, 1.82) is 0 Å². The topological polar surface area (TPSA) is 92.3 Å². The summed E-state index contributed by atoms with van der Waals surface area (Å²) in [6, 6.07) is 14.0. The number of ether oxygens (including phenoxy) is 1. The fraction of sp³-hybridized carbons (Fsp3) is 0.235. The van der Waals surface area contributed by atoms with Crippen LogP contribution in [0.5, 0.6) is 5.75 Å². The van der Waals surface area contributed by atoms with Gasteiger partial charge in [0, 0.05) is 0 Å². The molecule has 24 heavy (non-hydrogen) atoms. The van der Waals surface area contributed by atoms with E-state index in [9.17, 15) is 13.5 Å². The van der Waals surface area contributed by atoms with Crippen molar-refractivity contribution in [3.63, 3.8) is 0 Å². The Kier molecular flexibility index (Phi) is 4.55. The standard InChI is InChI=1S/C17H18N2O4S/c1-23-13-8-6-12(7-9-13)16(20)10-24(21,22)11-17-18-14-4-2-3-5-15(14)19-17/h2-9,16,20H,10-11H2,1H3,(H,18,19). The smallest absolute Gasteiger partial charge is 0.160 e. The zero-order valence-corrected chi connectivity index (χ0v) is 14.0. The summed E-state index contributed by atoms with van der Waals surface area (Å²) in [5, 5.41) is 10.2. The van der Waals surface area contributed by atoms with Crippen molar-refractivity contribution in [2.24, 2.45) is 0 Å². The molecule has 3 rings (SSSR count). The van der Waals surface area contributed by atoms with E-state index in [0.29, 0.717) is 17.1 Å². The number of imidazole rings is 1. The van der Waals surface area contributed by atoms with E-state index in [2.05, 4.69) is 9.97 Å². The first-order valence-corrected chi connectivity index (χ1v) is 9.25. The van der Waals surface area contributed by atoms with E-state index in [-0.39, 0.29) is 11.5 Å². The Balaban J connectivity index is 1.72. The highest BCUT2D eigenvalue weighted by Gasteiger charge is 2.21. The van der Waals surface area contributed by atoms with E-state index in [1.54, 1.807) is 31.4 Å². The number of fused-ring (bicyclic) bond motifs is 1. The van der Waals surface area contributed by atoms with Gasteiger partial charge in [0.05, 0.1) is 30.0 Å². The summed E-state index contributed by atoms with van der Waals surface area (Å²) in [6.45, 7) is 0. The molecular weight excluding hydrogens is 328 g/mol. The minimum absolute atomic E-state index is 0.241. The highest BCUT2D eigenvalue weighted by molar-refractivity contribution is 7.90. The van der Waals surface area contributed by atoms with Crippen LogP contribution >= 0.6 is 0 Å². The number of hydrogen-bond acceptors (Lipinski definition) is 5. The molecule has 6 nitrogen and oxygen atoms in total. The Hall–Kier alpha value is -2.38. The average molecular weight is 346 g/mol. The Labute approximate surface area is 140 Å². The molecular formula is C17H18N2O4S. The number of aliphatic hydroxyl groups is 1. The van der Waals surface area contributed by atoms with Crippen LogP contribution in [0.25, 0.3) is 11.0 Å². The molecule has 0 saturated heterocycles. The predicted octanol–water partition coefficient (Wildman–Crippen LogP) is 2.22. The predicted molar refractivity (Wildman–Crippen MR) is 91.5 cm³/mol. The SMILES string of the molecule is COc1ccc(C(O)CS(=O)(=O)Cc2nc3ccccc3[nH]2)cc1. The molecule has 0 saturated carbocycles. The summed E-state index contributed by atoms with van der Waals surface area (Å²) < 4.78 is 29.7. The lowest BCUT2D eigenvalue weighted by Gasteiger charge is -2.11. The van der Waals surface area contributed by atoms with Crippen molar-refractivity contribution in [2.45, 2.75) is 11.9 Å². The van der Waals surface area contributed by atoms with Crippen molar-refractivity contribution >= 4 is 20.9 Å². The number of aromatic nitrogens is 2. The molecule has 0 aliphatic rings. The maximum absolute atomic E-state index is 12.3. The second kappa shape index (κ2) is 6.62. The summed E-state index contributed by atoms with van der Waals surface area (Å²) in [7, 11) is -1.98. The van der Waals surface area contributed by atoms with Crippen LogP contribution in [0.1, 0.15) is 17.5 Å². The Morgan fingerprint density at radius 1 is 1.17 bits per heavy atom. The molecule has 126 valence electrons. The Morgan fingerprint density at radius 3 is 2.54 bits per heavy atom. The first kappa shape index (κ1) is 16.5. The summed E-state index contributed by atoms with van der Waals surface area (Å²) in [5.74, 6) is 0.417. The molecule has 1 unspecified atom stereocenters. The van der Waals surface area contributed by atoms with Gasteiger partial charge < -0.3 is 14.8 Å². The minimum Gasteiger partial charge on any atom is -0.497 e. The lowest BCUT2D eigenvalue weighted by atomic mass is 10.1. The Morgan fingerprint density at radius 2 is 1.88 bits per heavy atom. The number of hydrogen-bond donors (Lipinski definition) is 2. The second-order valence-corrected chi connectivity index (χ2v) is 7.65. The molecule has 7 heteroatoms. The van der Waals surface area contributed by atoms with Crippen LogP contribution in [0.2, 0.25) is 0 Å². The fourth-order valence-corrected chi connectivity index (χ4v) is 3.85. The van der Waals surface area contributed by atoms with Crippen molar-refractivity contribution in [1.82, 2.24) is 9.97 Å². The largest absolute Gasteiger partial charge is 0.497 e. The van der Waals surface area contributed by atoms with E-state index < -0.39 is 15.9 Å². The number of aromatic amines is 1. The molecule has 2 N–H and O–H groups in total. The van der Waals surface area contributed by atoms with Gasteiger partial charge in [-0.1, -0.05) is 24.3 Å². The second-order valence-electron chi connectivity index (χ2n) is 5.54. The van der Waals surface area contributed by atoms with Crippen LogP contribution in [0.15, 0.2) is 48.5 Å². The highest BCUT2D eigenvalue weighted by Crippen LogP contribution is 2.20. The van der Waals surface area contributed by atoms with Crippen molar-refractivity contribution in [3.05, 3.63) is 59.9 Å². The van der Waals surface area contributed by atoms with Gasteiger partial charge in [0.1, 0.15) is 17.3 Å². The number of methoxy groups -OCH3 is 1. The fourth-order valence-electron chi connectivity index (χ4n) is 2.50. The molecule has 1 heterocycles. The van der Waals surface area contributed by atoms with Gasteiger partial charge in [-0.05, 0) is 29.8 Å². The molecule has 0 bridgehead atoms. The van der Waals surface area contributed by atoms with Crippen molar-refractivity contribution < 1.29 is 18.3 Å². The third-order valence-corrected chi connectivity index (χ3v) is 5.24. The number of rotatable bonds is 6. The number of aliphatic hydroxyl groups excluding tert-OH is 1. The molecule has 0 fully saturated rings. The molecule has 1 aromatic heterocycles. The van der Waals surface area contributed by atoms with E-state index in [0.717, 1.165) is 11.0 Å². The lowest BCUT2D eigenvalue weighted by Crippen LogP contribution is -2.17. The number of nitrogens with zero attached hydrogens (tertiary/aromatic N) is 1. The Bertz CT molecular complexity index is 900. The zero-order valence-electron chi connectivity index (χ0n) is 13.1. The van der Waals surface area contributed by atoms with Crippen LogP contribution in [-0.2, 0) is 15.6 Å². The number of H-pyrrole nitrogens is 1. The van der Waals surface area contributed by atoms with Crippen LogP contribution in [0.3, 0.4) is 0 Å². The van der Waals surface area contributed by atoms with Crippen molar-refractivity contribution in [3.8, 4) is 5.75 Å². The summed E-state index contributed by atoms with van der Waals surface area (Å²) in [4.78, 5) is 7.26. The molecule has 0 aliphatic carbocycles. The summed E-state index contributed by atoms with van der Waals surface area (Å²) in [5.41, 5.74) is 2.04. The quantitative estimate of drug-likeness (QED) is 0.714. The molecule has 0 spiro atoms. The van der Waals surface area contributed by atoms with Crippen molar-refractivity contribution in [2.75, 3.05) is 12.9 Å². The highest BCUT2D eigenvalue weighted by atomic mass is 32.2. The number of sulfone groups is 1. The normalized spacial score (nSPS) is 13.1. The van der Waals surface area contributed by atoms with E-state index >= 15 is 0 Å². The molecule has 0 radical (unpaired) electrons. The van der Waals surface area contributed by atoms with E-state index in [1.807, 2.05) is 24.3 Å². The molecule has 0 aliphatic heterocycles. The van der Waals surface area contributed by atoms with Gasteiger partial charge in [-0.2, -0.15) is 0 Å². The minimum atomic E-state index is -3.52. The number of nitrogens with one attached hydrogen (secondary N) is 1. The monoisotopic (exact) mass is 346 g/mol. The number of benzene rings is 2. The van der Waals surface area contributed by atoms with Crippen LogP contribution in [0.4, 0.5) is 0 Å². The van der Waals surface area contributed by atoms with E-state index in [1.165, 1.54) is 0 Å². The van der Waals surface area contributed by atoms with Gasteiger partial charge in [0.2, 0.25) is 0 Å². The molecule has 3 aromatic rings. The average Bonchev–Trinajstić information content (AvgIpc) is 2.95. The third-order valence-electron chi connectivity index (χ3n) is 3.71. The first-order chi connectivity index (χ1) is 11.5. The van der Waals surface area contributed by atoms with Crippen LogP contribution in [-0.4, -0.2) is 36.4 Å². The molecule has 2 aromatic carbocycles. The third kappa shape index (κ3) is 3.74. The summed E-state index contributed by atoms with van der Waals surface area (Å²) in [6.07, 6.45) is -1.09. The summed E-state index contributed by atoms with van der Waals surface area (Å²) >= 11 is 0. The van der Waals surface area contributed by atoms with Gasteiger partial charge >= 0.3 is 0 Å². The van der Waals surface area contributed by atoms with Gasteiger partial charge in [-0.25, -0.2) is 13.4 Å². The van der Waals surface area contributed by atoms with E-state index in [4.69, 9.17) is 4.74 Å². The van der Waals surface area contributed by atoms with Crippen LogP contribution in [0, 0.1) is 0 Å². The zero-order chi connectivity index (χ0) is 17.2. The van der Waals surface area contributed by atoms with Gasteiger partial charge in [0.25, 0.3) is 0 Å². The van der Waals surface area contributed by atoms with Gasteiger partial charge in [-0.3, -0.25) is 0 Å². The van der Waals surface area contributed by atoms with Gasteiger partial charge in [-0.15, -0.1) is 0 Å². The van der Waals surface area contributed by atoms with Gasteiger partial charge in [0.15, 0.2) is 9.84 Å². The maximum Gasteiger partial charge on any atom is 0.160 e. The molecule has 0 amide bonds. The maximum atomic E-state index is 12.3. The van der Waals surface area contributed by atoms with Crippen LogP contribution < -0.4 is 4.74 Å².